The Balaban J connectivity index is 0.000000200. The predicted octanol–water partition coefficient (Wildman–Crippen LogP) is 26.1. The number of esters is 2. The number of pyridine rings is 5. The maximum atomic E-state index is 12.1. The van der Waals surface area contributed by atoms with Crippen molar-refractivity contribution in [3.05, 3.63) is 412 Å². The van der Waals surface area contributed by atoms with E-state index in [9.17, 15) is 14.7 Å². The van der Waals surface area contributed by atoms with Gasteiger partial charge in [0, 0.05) is 58.7 Å². The van der Waals surface area contributed by atoms with Crippen molar-refractivity contribution >= 4 is 98.9 Å². The van der Waals surface area contributed by atoms with Gasteiger partial charge in [-0.05, 0) is 226 Å². The summed E-state index contributed by atoms with van der Waals surface area (Å²) in [6.07, 6.45) is 17.0. The summed E-state index contributed by atoms with van der Waals surface area (Å²) < 4.78 is 32.4. The standard InChI is InChI=1S/C27H33NO2.C25H25NO2.C23H19NO2.C22H19NO.C8H9BO2.C7H5Br2NO2.CH4/c1-4-8-21-10-6-12-24(16-21)26-18-23(20-30-15-14-29-3)19-27(28-26)25-13-7-11-22(17-25)9-5-2;1-4-19-8-6-10-22(14-19)24-16-21(18-28-13-12-27-3)17-25(26-24)23-11-7-9-20(5-2)15-23;1-4-16-8-6-10-18(12-16)21-14-20(23(25)26-3)15-22(24-21)19-11-7-9-17(5-2)13-19;1-3-16-7-5-9-19(11-16)21-13-18(15-24)14-22(23-21)20-10-6-8-17(4-2)12-20;1-2-7-4-3-5-8(6-7)9(10)11;1-12-7(11)4-2-5(8)10-6(9)3-4;/h6-7,10-13,16-19H,4-5,8-9,14-15,20H2,1-3H3;4-11,14-17H,1-2,12-13,18H2,3H3;4-15H,1-2H2,3H3;3-14,24H,1-2,15H2;2-6,10-11H,1H2;2-3H,1H3;1H4. The third-order valence-electron chi connectivity index (χ3n) is 20.1. The summed E-state index contributed by atoms with van der Waals surface area (Å²) in [4.78, 5) is 46.7. The number of carbonyl (C=O) groups excluding carboxylic acids is 2. The first-order chi connectivity index (χ1) is 63.7. The molecule has 0 aliphatic rings. The molecular formula is C113H114BBr2N5O11. The van der Waals surface area contributed by atoms with Gasteiger partial charge in [-0.25, -0.2) is 34.5 Å². The average molecular weight is 1890 g/mol. The molecule has 0 bridgehead atoms. The number of aliphatic hydroxyl groups excluding tert-OH is 1. The quantitative estimate of drug-likeness (QED) is 0.0151. The van der Waals surface area contributed by atoms with Crippen LogP contribution in [-0.4, -0.2) is 114 Å². The summed E-state index contributed by atoms with van der Waals surface area (Å²) in [5, 5.41) is 27.2. The van der Waals surface area contributed by atoms with E-state index in [-0.39, 0.29) is 20.0 Å². The molecule has 0 amide bonds. The van der Waals surface area contributed by atoms with Crippen molar-refractivity contribution in [3.63, 3.8) is 0 Å². The number of aliphatic hydroxyl groups is 1. The molecule has 674 valence electrons. The van der Waals surface area contributed by atoms with Crippen molar-refractivity contribution in [2.45, 2.75) is 66.8 Å². The van der Waals surface area contributed by atoms with Gasteiger partial charge in [0.05, 0.1) is 117 Å². The third kappa shape index (κ3) is 32.6. The number of hydrogen-bond acceptors (Lipinski definition) is 16. The molecule has 0 radical (unpaired) electrons. The number of ether oxygens (including phenoxy) is 6. The molecule has 0 unspecified atom stereocenters. The van der Waals surface area contributed by atoms with E-state index >= 15 is 0 Å². The highest BCUT2D eigenvalue weighted by Gasteiger charge is 2.18. The van der Waals surface area contributed by atoms with Crippen LogP contribution in [0.15, 0.2) is 334 Å². The van der Waals surface area contributed by atoms with E-state index in [2.05, 4.69) is 199 Å². The van der Waals surface area contributed by atoms with Crippen molar-refractivity contribution < 1.29 is 53.2 Å². The smallest absolute Gasteiger partial charge is 0.465 e. The third-order valence-corrected chi connectivity index (χ3v) is 21.0. The summed E-state index contributed by atoms with van der Waals surface area (Å²) in [5.41, 5.74) is 29.4. The minimum Gasteiger partial charge on any atom is -0.465 e. The second-order valence-corrected chi connectivity index (χ2v) is 31.3. The molecular weight excluding hydrogens is 1770 g/mol. The number of halogens is 2. The molecule has 5 heterocycles. The maximum Gasteiger partial charge on any atom is 0.488 e. The van der Waals surface area contributed by atoms with Crippen LogP contribution in [0, 0.1) is 0 Å². The van der Waals surface area contributed by atoms with Gasteiger partial charge >= 0.3 is 19.1 Å². The Bertz CT molecular complexity index is 5910. The van der Waals surface area contributed by atoms with Gasteiger partial charge in [-0.3, -0.25) is 0 Å². The molecule has 0 fully saturated rings. The lowest BCUT2D eigenvalue weighted by atomic mass is 9.80. The van der Waals surface area contributed by atoms with E-state index in [1.807, 2.05) is 164 Å². The Morgan fingerprint density at radius 3 is 0.848 bits per heavy atom. The van der Waals surface area contributed by atoms with E-state index in [0.29, 0.717) is 76.8 Å². The molecule has 0 aliphatic carbocycles. The van der Waals surface area contributed by atoms with Crippen LogP contribution in [0.3, 0.4) is 0 Å². The van der Waals surface area contributed by atoms with E-state index in [4.69, 9.17) is 53.7 Å². The summed E-state index contributed by atoms with van der Waals surface area (Å²) in [6, 6.07) is 91.6. The van der Waals surface area contributed by atoms with Crippen molar-refractivity contribution in [1.82, 2.24) is 24.9 Å². The fraction of sp³-hybridized carbons (Fsp3) is 0.159. The van der Waals surface area contributed by atoms with Gasteiger partial charge in [-0.1, -0.05) is 293 Å². The van der Waals surface area contributed by atoms with Crippen LogP contribution in [0.4, 0.5) is 0 Å². The largest absolute Gasteiger partial charge is 0.488 e. The van der Waals surface area contributed by atoms with Gasteiger partial charge in [0.2, 0.25) is 0 Å². The molecule has 0 atom stereocenters. The van der Waals surface area contributed by atoms with Crippen LogP contribution >= 0.6 is 31.9 Å². The summed E-state index contributed by atoms with van der Waals surface area (Å²) in [6.45, 7) is 34.3. The monoisotopic (exact) mass is 1890 g/mol. The number of aromatic nitrogens is 5. The highest BCUT2D eigenvalue weighted by Crippen LogP contribution is 2.33. The Morgan fingerprint density at radius 2 is 0.583 bits per heavy atom. The second-order valence-electron chi connectivity index (χ2n) is 29.7. The lowest BCUT2D eigenvalue weighted by Gasteiger charge is -2.12. The van der Waals surface area contributed by atoms with Crippen LogP contribution in [0.1, 0.15) is 122 Å². The number of carbonyl (C=O) groups is 2. The van der Waals surface area contributed by atoms with Crippen molar-refractivity contribution in [2.24, 2.45) is 0 Å². The molecule has 9 aromatic carbocycles. The molecule has 3 N–H and O–H groups in total. The first kappa shape index (κ1) is 104. The summed E-state index contributed by atoms with van der Waals surface area (Å²) in [5.74, 6) is -0.770. The molecule has 0 aliphatic heterocycles. The van der Waals surface area contributed by atoms with Crippen molar-refractivity contribution in [3.8, 4) is 90.1 Å². The first-order valence-electron chi connectivity index (χ1n) is 42.6. The van der Waals surface area contributed by atoms with Crippen LogP contribution in [-0.2, 0) is 61.1 Å². The zero-order chi connectivity index (χ0) is 93.8. The topological polar surface area (TPSA) is 215 Å². The van der Waals surface area contributed by atoms with Crippen molar-refractivity contribution in [2.75, 3.05) is 54.9 Å². The van der Waals surface area contributed by atoms with Crippen molar-refractivity contribution in [1.29, 1.82) is 0 Å². The number of aryl methyl sites for hydroxylation is 2. The van der Waals surface area contributed by atoms with Gasteiger partial charge in [-0.2, -0.15) is 0 Å². The lowest BCUT2D eigenvalue weighted by molar-refractivity contribution is 0.0591. The fourth-order valence-electron chi connectivity index (χ4n) is 13.5. The molecule has 19 heteroatoms. The number of benzene rings is 9. The molecule has 14 aromatic rings. The van der Waals surface area contributed by atoms with E-state index in [1.54, 1.807) is 74.9 Å². The van der Waals surface area contributed by atoms with Gasteiger partial charge in [0.1, 0.15) is 9.21 Å². The number of nitrogens with zero attached hydrogens (tertiary/aromatic N) is 5. The Labute approximate surface area is 795 Å². The van der Waals surface area contributed by atoms with Crippen LogP contribution in [0.5, 0.6) is 0 Å². The average Bonchev–Trinajstić information content (AvgIpc) is 0.826. The number of hydrogen-bond donors (Lipinski definition) is 3. The molecule has 132 heavy (non-hydrogen) atoms. The van der Waals surface area contributed by atoms with E-state index in [0.717, 1.165) is 160 Å². The Morgan fingerprint density at radius 1 is 0.326 bits per heavy atom. The van der Waals surface area contributed by atoms with Crippen LogP contribution in [0.2, 0.25) is 0 Å². The van der Waals surface area contributed by atoms with Gasteiger partial charge in [0.25, 0.3) is 0 Å². The van der Waals surface area contributed by atoms with Crippen LogP contribution < -0.4 is 5.46 Å². The van der Waals surface area contributed by atoms with Gasteiger partial charge in [0.15, 0.2) is 0 Å². The van der Waals surface area contributed by atoms with E-state index < -0.39 is 13.1 Å². The van der Waals surface area contributed by atoms with E-state index in [1.165, 1.54) is 25.3 Å². The van der Waals surface area contributed by atoms with Gasteiger partial charge < -0.3 is 43.6 Å². The molecule has 0 saturated carbocycles. The summed E-state index contributed by atoms with van der Waals surface area (Å²) >= 11 is 6.32. The molecule has 0 saturated heterocycles. The molecule has 5 aromatic heterocycles. The normalized spacial score (nSPS) is 10.3. The summed E-state index contributed by atoms with van der Waals surface area (Å²) in [7, 11) is 4.68. The van der Waals surface area contributed by atoms with Crippen LogP contribution in [0.25, 0.3) is 133 Å². The fourth-order valence-corrected chi connectivity index (χ4v) is 14.6. The highest BCUT2D eigenvalue weighted by molar-refractivity contribution is 9.11. The highest BCUT2D eigenvalue weighted by atomic mass is 79.9. The second kappa shape index (κ2) is 55.6. The molecule has 14 rings (SSSR count). The number of methoxy groups -OCH3 is 4. The minimum atomic E-state index is -1.39. The molecule has 16 nitrogen and oxygen atoms in total. The minimum absolute atomic E-state index is 0. The Kier molecular flexibility index (Phi) is 43.8. The maximum absolute atomic E-state index is 12.1. The first-order valence-corrected chi connectivity index (χ1v) is 44.2. The lowest BCUT2D eigenvalue weighted by Crippen LogP contribution is -2.29. The zero-order valence-corrected chi connectivity index (χ0v) is 78.2. The van der Waals surface area contributed by atoms with Gasteiger partial charge in [-0.15, -0.1) is 0 Å². The Hall–Kier alpha value is -13.4. The number of rotatable bonds is 33. The zero-order valence-electron chi connectivity index (χ0n) is 75.0. The predicted molar refractivity (Wildman–Crippen MR) is 553 cm³/mol. The molecule has 0 spiro atoms. The SMILES string of the molecule is C.C=Cc1cccc(-c2cc(C(=O)OC)cc(-c3cccc(C=C)c3)n2)c1.C=Cc1cccc(-c2cc(CO)cc(-c3cccc(C=C)c3)n2)c1.C=Cc1cccc(-c2cc(COCCOC)cc(-c3cccc(C=C)c3)n2)c1.C=Cc1cccc(B(O)O)c1.CCCc1cccc(-c2cc(COCCOC)cc(-c3cccc(CCC)c3)n2)c1.COC(=O)c1cc(Br)nc(Br)c1.